The highest BCUT2D eigenvalue weighted by Gasteiger charge is 2.55. The molecule has 0 radical (unpaired) electrons. The fourth-order valence-electron chi connectivity index (χ4n) is 12.9. The number of ether oxygens (including phenoxy) is 20. The molecule has 12 aliphatic heterocycles. The average molecular weight is 1650 g/mol. The number of aliphatic carboxylic acids is 4. The molecule has 640 valence electrons. The molecule has 12 aliphatic rings. The SMILES string of the molecule is CC(=O)/C=C/C(=O)O[C@H]1CO[C@H]2[C@@H]1OC[C@H]2O.CC(=O)/C=C/C(=O)O[C@H]1CO[C@H]2[C@@H]1OC[C@H]2O.CC(=O)/C=C/C(=O)O[C@H]1CO[C@H]2[C@@H]1OC[C@H]2OC(=O)/C=C/C(=O)O.CC(=O)/C=C/C(=O)O[C@H]1CO[C@H]2[C@@H]1OC[C@H]2OC(=O)CCC(=O)O.C[C@H]1CO[C@H]2[C@@H]1OC[C@H]2OC(=O)/C=C/C(=O)O.C[C@H]1CO[C@H]2[C@@H]1OC[C@H]2OC(=O)CCC(=O)O. The number of carbonyl (C=O) groups is 16. The molecule has 0 aromatic heterocycles. The van der Waals surface area contributed by atoms with Gasteiger partial charge in [0.1, 0.15) is 73.2 Å². The number of ketones is 4. The van der Waals surface area contributed by atoms with Crippen LogP contribution in [0.4, 0.5) is 0 Å². The van der Waals surface area contributed by atoms with Crippen molar-refractivity contribution in [2.24, 2.45) is 11.8 Å². The molecule has 0 spiro atoms. The maximum absolute atomic E-state index is 11.6. The minimum atomic E-state index is -1.27. The molecule has 12 fully saturated rings. The Kier molecular flexibility index (Phi) is 36.7. The molecule has 0 aromatic carbocycles. The fourth-order valence-corrected chi connectivity index (χ4v) is 12.9. The lowest BCUT2D eigenvalue weighted by Crippen LogP contribution is -2.35. The van der Waals surface area contributed by atoms with E-state index in [1.807, 2.05) is 13.8 Å². The number of rotatable bonds is 26. The van der Waals surface area contributed by atoms with E-state index < -0.39 is 182 Å². The van der Waals surface area contributed by atoms with Gasteiger partial charge in [0, 0.05) is 60.4 Å². The third-order valence-electron chi connectivity index (χ3n) is 18.2. The minimum absolute atomic E-state index is 0.00715. The fraction of sp³-hybridized carbons (Fsp3) is 0.622. The van der Waals surface area contributed by atoms with E-state index in [-0.39, 0.29) is 126 Å². The predicted octanol–water partition coefficient (Wildman–Crippen LogP) is -2.42. The number of carboxylic acids is 4. The molecule has 116 heavy (non-hydrogen) atoms. The Morgan fingerprint density at radius 2 is 0.440 bits per heavy atom. The second-order valence-corrected chi connectivity index (χ2v) is 27.5. The second-order valence-electron chi connectivity index (χ2n) is 27.5. The van der Waals surface area contributed by atoms with E-state index in [9.17, 15) is 86.9 Å². The van der Waals surface area contributed by atoms with Gasteiger partial charge in [0.15, 0.2) is 72.0 Å². The van der Waals surface area contributed by atoms with E-state index in [2.05, 4.69) is 0 Å². The maximum atomic E-state index is 11.6. The van der Waals surface area contributed by atoms with Crippen LogP contribution in [0.5, 0.6) is 0 Å². The number of carboxylic acid groups (broad SMARTS) is 4. The molecule has 42 nitrogen and oxygen atoms in total. The molecule has 6 N–H and O–H groups in total. The average Bonchev–Trinajstić information content (AvgIpc) is 1.62. The molecular weight excluding hydrogens is 1560 g/mol. The van der Waals surface area contributed by atoms with Crippen LogP contribution in [0.1, 0.15) is 67.2 Å². The molecular formula is C74H92O42. The zero-order chi connectivity index (χ0) is 85.0. The van der Waals surface area contributed by atoms with Crippen molar-refractivity contribution >= 4 is 94.8 Å². The lowest BCUT2D eigenvalue weighted by Gasteiger charge is -2.16. The lowest BCUT2D eigenvalue weighted by molar-refractivity contribution is -0.156. The van der Waals surface area contributed by atoms with E-state index in [1.54, 1.807) is 0 Å². The van der Waals surface area contributed by atoms with E-state index in [1.165, 1.54) is 27.7 Å². The first-order valence-corrected chi connectivity index (χ1v) is 36.4. The normalized spacial score (nSPS) is 33.0. The number of aliphatic hydroxyl groups excluding tert-OH is 2. The maximum Gasteiger partial charge on any atom is 0.331 e. The molecule has 0 bridgehead atoms. The van der Waals surface area contributed by atoms with Crippen LogP contribution in [0.25, 0.3) is 0 Å². The number of aliphatic hydroxyl groups is 2. The highest BCUT2D eigenvalue weighted by Crippen LogP contribution is 2.36. The van der Waals surface area contributed by atoms with Crippen LogP contribution in [0, 0.1) is 11.8 Å². The van der Waals surface area contributed by atoms with Crippen molar-refractivity contribution in [1.82, 2.24) is 0 Å². The highest BCUT2D eigenvalue weighted by molar-refractivity contribution is 5.97. The van der Waals surface area contributed by atoms with Crippen LogP contribution in [0.2, 0.25) is 0 Å². The molecule has 0 aliphatic carbocycles. The largest absolute Gasteiger partial charge is 0.481 e. The van der Waals surface area contributed by atoms with Crippen LogP contribution in [-0.4, -0.2) is 339 Å². The van der Waals surface area contributed by atoms with Crippen LogP contribution >= 0.6 is 0 Å². The van der Waals surface area contributed by atoms with Crippen molar-refractivity contribution in [2.45, 2.75) is 202 Å². The van der Waals surface area contributed by atoms with Crippen molar-refractivity contribution in [1.29, 1.82) is 0 Å². The van der Waals surface area contributed by atoms with Crippen molar-refractivity contribution in [3.63, 3.8) is 0 Å². The van der Waals surface area contributed by atoms with Gasteiger partial charge in [-0.25, -0.2) is 38.4 Å². The summed E-state index contributed by atoms with van der Waals surface area (Å²) in [5.41, 5.74) is 0. The summed E-state index contributed by atoms with van der Waals surface area (Å²) in [4.78, 5) is 176. The third kappa shape index (κ3) is 29.4. The van der Waals surface area contributed by atoms with Crippen molar-refractivity contribution in [3.8, 4) is 0 Å². The Balaban J connectivity index is 0.000000194. The summed E-state index contributed by atoms with van der Waals surface area (Å²) >= 11 is 0. The summed E-state index contributed by atoms with van der Waals surface area (Å²) < 4.78 is 106. The molecule has 0 unspecified atom stereocenters. The van der Waals surface area contributed by atoms with Gasteiger partial charge in [0.2, 0.25) is 0 Å². The van der Waals surface area contributed by atoms with E-state index in [4.69, 9.17) is 115 Å². The summed E-state index contributed by atoms with van der Waals surface area (Å²) in [7, 11) is 0. The Morgan fingerprint density at radius 3 is 0.672 bits per heavy atom. The molecule has 0 aromatic rings. The van der Waals surface area contributed by atoms with Crippen molar-refractivity contribution in [2.75, 3.05) is 79.3 Å². The lowest BCUT2D eigenvalue weighted by atomic mass is 10.0. The highest BCUT2D eigenvalue weighted by atomic mass is 16.7. The van der Waals surface area contributed by atoms with Gasteiger partial charge in [-0.15, -0.1) is 0 Å². The van der Waals surface area contributed by atoms with Crippen molar-refractivity contribution < 1.29 is 202 Å². The summed E-state index contributed by atoms with van der Waals surface area (Å²) in [5, 5.41) is 52.8. The Hall–Kier alpha value is -9.80. The molecule has 12 heterocycles. The molecule has 24 atom stereocenters. The van der Waals surface area contributed by atoms with Crippen LogP contribution in [0.3, 0.4) is 0 Å². The van der Waals surface area contributed by atoms with E-state index in [0.717, 1.165) is 66.8 Å². The van der Waals surface area contributed by atoms with Crippen LogP contribution in [0.15, 0.2) is 72.9 Å². The molecule has 0 amide bonds. The summed E-state index contributed by atoms with van der Waals surface area (Å²) in [6, 6.07) is 0. The third-order valence-corrected chi connectivity index (χ3v) is 18.2. The first-order valence-electron chi connectivity index (χ1n) is 36.4. The smallest absolute Gasteiger partial charge is 0.331 e. The molecule has 42 heteroatoms. The van der Waals surface area contributed by atoms with E-state index >= 15 is 0 Å². The number of hydrogen-bond donors (Lipinski definition) is 6. The van der Waals surface area contributed by atoms with Gasteiger partial charge in [-0.1, -0.05) is 13.8 Å². The Bertz CT molecular complexity index is 3490. The summed E-state index contributed by atoms with van der Waals surface area (Å²) in [6.07, 6.45) is 0.348. The van der Waals surface area contributed by atoms with Crippen LogP contribution in [-0.2, 0) is 171 Å². The molecule has 12 rings (SSSR count). The monoisotopic (exact) mass is 1650 g/mol. The molecule has 0 saturated carbocycles. The molecule has 12 saturated heterocycles. The van der Waals surface area contributed by atoms with Gasteiger partial charge >= 0.3 is 71.6 Å². The zero-order valence-corrected chi connectivity index (χ0v) is 63.5. The Labute approximate surface area is 660 Å². The van der Waals surface area contributed by atoms with Gasteiger partial charge in [0.05, 0.1) is 117 Å². The minimum Gasteiger partial charge on any atom is -0.481 e. The predicted molar refractivity (Wildman–Crippen MR) is 373 cm³/mol. The first kappa shape index (κ1) is 93.4. The van der Waals surface area contributed by atoms with Gasteiger partial charge in [-0.05, 0) is 52.0 Å². The Morgan fingerprint density at radius 1 is 0.250 bits per heavy atom. The summed E-state index contributed by atoms with van der Waals surface area (Å²) in [5.74, 6) is -10.3. The number of carbonyl (C=O) groups excluding carboxylic acids is 12. The first-order chi connectivity index (χ1) is 55.0. The summed E-state index contributed by atoms with van der Waals surface area (Å²) in [6.45, 7) is 12.2. The number of allylic oxidation sites excluding steroid dienone is 4. The second kappa shape index (κ2) is 45.6. The number of fused-ring (bicyclic) bond motifs is 6. The van der Waals surface area contributed by atoms with Crippen LogP contribution < -0.4 is 0 Å². The van der Waals surface area contributed by atoms with Gasteiger partial charge < -0.3 is 125 Å². The van der Waals surface area contributed by atoms with Gasteiger partial charge in [-0.3, -0.25) is 38.4 Å². The van der Waals surface area contributed by atoms with E-state index in [0.29, 0.717) is 44.3 Å². The van der Waals surface area contributed by atoms with Gasteiger partial charge in [-0.2, -0.15) is 0 Å². The quantitative estimate of drug-likeness (QED) is 0.0298. The zero-order valence-electron chi connectivity index (χ0n) is 63.5. The van der Waals surface area contributed by atoms with Gasteiger partial charge in [0.25, 0.3) is 0 Å². The number of hydrogen-bond acceptors (Lipinski definition) is 38. The van der Waals surface area contributed by atoms with Crippen molar-refractivity contribution in [3.05, 3.63) is 72.9 Å². The topological polar surface area (TPSA) is 579 Å². The standard InChI is InChI=1S/C15H18O9.C15H16O9.C11H16O6.3C11H14O6/c2*1-8(16)2-4-12(19)23-9-6-21-15-10(7-22-14(9)15)24-13(20)5-3-11(17)18;2*1-6-4-15-11-7(5-16-10(6)11)17-9(14)3-2-8(12)13;2*1-6(12)2-3-9(14)17-8-5-16-10-7(13)4-15-11(8)10/h2,4,9-10,14-15H,3,5-7H2,1H3,(H,17,18);2-5,9-10,14-15H,6-7H2,1H3,(H,17,18);6-7,10-11H,2-5H2,1H3,(H,12,13);2-3,6-7,10-11H,4-5H2,1H3,(H,12,13);2*2-3,7-8,10-11,13H,4-5H2,1H3/b4-2+;4-2+,5-3+;;3*3-2+/t2*9-,10+,14+,15+;2*6-,7+,10+,11+;2*7-,8+,10-,11-/m000011/s1. The number of esters is 8.